The number of carbonyl (C=O) groups excluding carboxylic acids is 1. The molecule has 2 heterocycles. The summed E-state index contributed by atoms with van der Waals surface area (Å²) >= 11 is 1.64. The number of thiazole rings is 1. The number of hydrogen-bond acceptors (Lipinski definition) is 4. The lowest BCUT2D eigenvalue weighted by molar-refractivity contribution is 0.208. The van der Waals surface area contributed by atoms with Gasteiger partial charge in [-0.05, 0) is 12.1 Å². The monoisotopic (exact) mass is 288 g/mol. The summed E-state index contributed by atoms with van der Waals surface area (Å²) in [5, 5.41) is 5.93. The van der Waals surface area contributed by atoms with E-state index in [1.165, 1.54) is 0 Å². The Morgan fingerprint density at radius 1 is 1.15 bits per heavy atom. The van der Waals surface area contributed by atoms with Gasteiger partial charge in [0.2, 0.25) is 0 Å². The summed E-state index contributed by atoms with van der Waals surface area (Å²) in [6.07, 6.45) is 1.81. The first-order valence-electron chi connectivity index (χ1n) is 6.58. The molecule has 1 saturated heterocycles. The van der Waals surface area contributed by atoms with E-state index in [2.05, 4.69) is 15.2 Å². The molecule has 104 valence electrons. The van der Waals surface area contributed by atoms with Gasteiger partial charge in [0, 0.05) is 43.4 Å². The number of amides is 2. The molecule has 5 nitrogen and oxygen atoms in total. The number of urea groups is 1. The van der Waals surface area contributed by atoms with Crippen LogP contribution in [0.1, 0.15) is 0 Å². The van der Waals surface area contributed by atoms with Gasteiger partial charge in [-0.1, -0.05) is 18.2 Å². The predicted octanol–water partition coefficient (Wildman–Crippen LogP) is 2.50. The Morgan fingerprint density at radius 2 is 1.90 bits per heavy atom. The van der Waals surface area contributed by atoms with Crippen molar-refractivity contribution in [3.63, 3.8) is 0 Å². The second-order valence-electron chi connectivity index (χ2n) is 4.58. The number of para-hydroxylation sites is 1. The van der Waals surface area contributed by atoms with E-state index in [0.717, 1.165) is 37.0 Å². The minimum atomic E-state index is -0.0324. The van der Waals surface area contributed by atoms with Crippen LogP contribution in [-0.2, 0) is 0 Å². The summed E-state index contributed by atoms with van der Waals surface area (Å²) in [5.74, 6) is 0. The van der Waals surface area contributed by atoms with Crippen molar-refractivity contribution in [1.82, 2.24) is 9.88 Å². The minimum absolute atomic E-state index is 0.0324. The third-order valence-corrected chi connectivity index (χ3v) is 4.11. The Labute approximate surface area is 121 Å². The van der Waals surface area contributed by atoms with Crippen molar-refractivity contribution in [3.8, 4) is 0 Å². The van der Waals surface area contributed by atoms with Gasteiger partial charge in [0.25, 0.3) is 0 Å². The zero-order valence-corrected chi connectivity index (χ0v) is 11.8. The smallest absolute Gasteiger partial charge is 0.321 e. The van der Waals surface area contributed by atoms with Crippen LogP contribution in [0.3, 0.4) is 0 Å². The van der Waals surface area contributed by atoms with E-state index >= 15 is 0 Å². The highest BCUT2D eigenvalue weighted by Crippen LogP contribution is 2.19. The molecular weight excluding hydrogens is 272 g/mol. The lowest BCUT2D eigenvalue weighted by Gasteiger charge is -2.34. The maximum atomic E-state index is 12.1. The van der Waals surface area contributed by atoms with E-state index in [4.69, 9.17) is 0 Å². The molecule has 20 heavy (non-hydrogen) atoms. The average Bonchev–Trinajstić information content (AvgIpc) is 3.03. The van der Waals surface area contributed by atoms with Gasteiger partial charge in [0.1, 0.15) is 0 Å². The maximum Gasteiger partial charge on any atom is 0.321 e. The van der Waals surface area contributed by atoms with Crippen molar-refractivity contribution >= 4 is 28.2 Å². The number of benzene rings is 1. The van der Waals surface area contributed by atoms with Gasteiger partial charge in [0.15, 0.2) is 5.13 Å². The molecule has 0 aliphatic carbocycles. The first-order chi connectivity index (χ1) is 9.83. The number of hydrogen-bond donors (Lipinski definition) is 1. The molecule has 2 aromatic rings. The zero-order chi connectivity index (χ0) is 13.8. The molecule has 0 spiro atoms. The molecule has 1 aromatic carbocycles. The number of carbonyl (C=O) groups is 1. The van der Waals surface area contributed by atoms with E-state index in [1.54, 1.807) is 11.3 Å². The number of nitrogens with zero attached hydrogens (tertiary/aromatic N) is 3. The molecule has 2 amide bonds. The van der Waals surface area contributed by atoms with Gasteiger partial charge in [-0.15, -0.1) is 11.3 Å². The van der Waals surface area contributed by atoms with Crippen molar-refractivity contribution in [3.05, 3.63) is 41.9 Å². The molecule has 1 aromatic heterocycles. The molecule has 3 rings (SSSR count). The van der Waals surface area contributed by atoms with Crippen molar-refractivity contribution in [2.45, 2.75) is 0 Å². The van der Waals surface area contributed by atoms with Gasteiger partial charge in [-0.25, -0.2) is 9.78 Å². The molecule has 0 bridgehead atoms. The normalized spacial score (nSPS) is 15.2. The van der Waals surface area contributed by atoms with Gasteiger partial charge in [0.05, 0.1) is 0 Å². The Hall–Kier alpha value is -2.08. The second-order valence-corrected chi connectivity index (χ2v) is 5.46. The Bertz CT molecular complexity index is 550. The maximum absolute atomic E-state index is 12.1. The quantitative estimate of drug-likeness (QED) is 0.923. The van der Waals surface area contributed by atoms with E-state index < -0.39 is 0 Å². The van der Waals surface area contributed by atoms with Gasteiger partial charge < -0.3 is 15.1 Å². The summed E-state index contributed by atoms with van der Waals surface area (Å²) < 4.78 is 0. The number of nitrogens with one attached hydrogen (secondary N) is 1. The molecule has 0 atom stereocenters. The number of anilines is 2. The predicted molar refractivity (Wildman–Crippen MR) is 81.4 cm³/mol. The highest BCUT2D eigenvalue weighted by molar-refractivity contribution is 7.13. The van der Waals surface area contributed by atoms with Crippen molar-refractivity contribution in [2.24, 2.45) is 0 Å². The Morgan fingerprint density at radius 3 is 2.55 bits per heavy atom. The van der Waals surface area contributed by atoms with Crippen molar-refractivity contribution in [1.29, 1.82) is 0 Å². The second kappa shape index (κ2) is 5.92. The summed E-state index contributed by atoms with van der Waals surface area (Å²) in [6, 6.07) is 9.51. The molecule has 1 aliphatic rings. The van der Waals surface area contributed by atoms with Crippen LogP contribution in [-0.4, -0.2) is 42.1 Å². The molecule has 1 fully saturated rings. The number of rotatable bonds is 2. The van der Waals surface area contributed by atoms with Crippen LogP contribution >= 0.6 is 11.3 Å². The first-order valence-corrected chi connectivity index (χ1v) is 7.46. The molecule has 0 radical (unpaired) electrons. The average molecular weight is 288 g/mol. The fraction of sp³-hybridized carbons (Fsp3) is 0.286. The zero-order valence-electron chi connectivity index (χ0n) is 11.0. The van der Waals surface area contributed by atoms with Crippen LogP contribution in [0.4, 0.5) is 15.6 Å². The van der Waals surface area contributed by atoms with Crippen LogP contribution in [0.25, 0.3) is 0 Å². The van der Waals surface area contributed by atoms with Crippen LogP contribution in [0.5, 0.6) is 0 Å². The summed E-state index contributed by atoms with van der Waals surface area (Å²) in [7, 11) is 0. The molecular formula is C14H16N4OS. The molecule has 1 N–H and O–H groups in total. The lowest BCUT2D eigenvalue weighted by atomic mass is 10.3. The number of aromatic nitrogens is 1. The van der Waals surface area contributed by atoms with E-state index in [0.29, 0.717) is 0 Å². The highest BCUT2D eigenvalue weighted by atomic mass is 32.1. The fourth-order valence-electron chi connectivity index (χ4n) is 2.20. The fourth-order valence-corrected chi connectivity index (χ4v) is 2.89. The van der Waals surface area contributed by atoms with Crippen molar-refractivity contribution in [2.75, 3.05) is 36.4 Å². The van der Waals surface area contributed by atoms with Crippen LogP contribution < -0.4 is 10.2 Å². The van der Waals surface area contributed by atoms with Gasteiger partial charge in [-0.3, -0.25) is 0 Å². The third kappa shape index (κ3) is 2.91. The van der Waals surface area contributed by atoms with E-state index in [1.807, 2.05) is 46.8 Å². The lowest BCUT2D eigenvalue weighted by Crippen LogP contribution is -2.50. The molecule has 0 saturated carbocycles. The Kier molecular flexibility index (Phi) is 3.83. The van der Waals surface area contributed by atoms with Crippen LogP contribution in [0.2, 0.25) is 0 Å². The third-order valence-electron chi connectivity index (χ3n) is 3.28. The molecule has 6 heteroatoms. The highest BCUT2D eigenvalue weighted by Gasteiger charge is 2.22. The van der Waals surface area contributed by atoms with Crippen LogP contribution in [0, 0.1) is 0 Å². The summed E-state index contributed by atoms with van der Waals surface area (Å²) in [5.41, 5.74) is 0.833. The van der Waals surface area contributed by atoms with Crippen molar-refractivity contribution < 1.29 is 4.79 Å². The Balaban J connectivity index is 1.54. The van der Waals surface area contributed by atoms with Gasteiger partial charge >= 0.3 is 6.03 Å². The van der Waals surface area contributed by atoms with E-state index in [-0.39, 0.29) is 6.03 Å². The SMILES string of the molecule is O=C(Nc1ccccc1)N1CCN(c2nccs2)CC1. The number of piperazine rings is 1. The van der Waals surface area contributed by atoms with Crippen LogP contribution in [0.15, 0.2) is 41.9 Å². The molecule has 1 aliphatic heterocycles. The summed E-state index contributed by atoms with van der Waals surface area (Å²) in [4.78, 5) is 20.5. The molecule has 0 unspecified atom stereocenters. The standard InChI is InChI=1S/C14H16N4OS/c19-13(16-12-4-2-1-3-5-12)17-7-9-18(10-8-17)14-15-6-11-20-14/h1-6,11H,7-10H2,(H,16,19). The van der Waals surface area contributed by atoms with E-state index in [9.17, 15) is 4.79 Å². The topological polar surface area (TPSA) is 48.5 Å². The summed E-state index contributed by atoms with van der Waals surface area (Å²) in [6.45, 7) is 3.10. The minimum Gasteiger partial charge on any atom is -0.345 e. The first kappa shape index (κ1) is 12.9. The largest absolute Gasteiger partial charge is 0.345 e. The van der Waals surface area contributed by atoms with Gasteiger partial charge in [-0.2, -0.15) is 0 Å².